The molecule has 2 aliphatic rings. The Balaban J connectivity index is 1.28. The first-order valence-electron chi connectivity index (χ1n) is 21.7. The number of benzene rings is 8. The monoisotopic (exact) mass is 772 g/mol. The van der Waals surface area contributed by atoms with Gasteiger partial charge in [0, 0.05) is 43.8 Å². The van der Waals surface area contributed by atoms with Crippen LogP contribution in [-0.2, 0) is 10.8 Å². The van der Waals surface area contributed by atoms with Crippen LogP contribution < -0.4 is 10.9 Å². The smallest absolute Gasteiger partial charge is 0.333 e. The van der Waals surface area contributed by atoms with E-state index in [0.29, 0.717) is 0 Å². The Kier molecular flexibility index (Phi) is 7.07. The molecule has 0 unspecified atom stereocenters. The average molecular weight is 773 g/mol. The molecule has 12 rings (SSSR count). The third-order valence-corrected chi connectivity index (χ3v) is 14.2. The summed E-state index contributed by atoms with van der Waals surface area (Å²) in [6.07, 6.45) is 0. The van der Waals surface area contributed by atoms with Gasteiger partial charge < -0.3 is 9.05 Å². The maximum absolute atomic E-state index is 2.73. The third-order valence-electron chi connectivity index (χ3n) is 14.2. The van der Waals surface area contributed by atoms with Crippen molar-refractivity contribution < 1.29 is 0 Å². The second-order valence-electron chi connectivity index (χ2n) is 19.9. The molecular formula is C57H49BN2. The molecule has 0 bridgehead atoms. The summed E-state index contributed by atoms with van der Waals surface area (Å²) in [5.41, 5.74) is 23.8. The summed E-state index contributed by atoms with van der Waals surface area (Å²) in [7, 11) is 0. The van der Waals surface area contributed by atoms with Gasteiger partial charge in [-0.1, -0.05) is 133 Å². The van der Waals surface area contributed by atoms with E-state index in [-0.39, 0.29) is 17.7 Å². The molecule has 0 amide bonds. The summed E-state index contributed by atoms with van der Waals surface area (Å²) >= 11 is 0. The first-order valence-corrected chi connectivity index (χ1v) is 21.7. The number of nitrogens with zero attached hydrogens (tertiary/aromatic N) is 2. The molecule has 2 aromatic heterocycles. The van der Waals surface area contributed by atoms with Crippen molar-refractivity contribution >= 4 is 72.2 Å². The summed E-state index contributed by atoms with van der Waals surface area (Å²) < 4.78 is 5.37. The lowest BCUT2D eigenvalue weighted by Gasteiger charge is -2.35. The summed E-state index contributed by atoms with van der Waals surface area (Å²) in [6.45, 7) is 20.8. The molecule has 0 saturated carbocycles. The zero-order valence-corrected chi connectivity index (χ0v) is 36.2. The number of rotatable bonds is 2. The minimum Gasteiger partial charge on any atom is -0.375 e. The normalized spacial score (nSPS) is 13.4. The molecule has 290 valence electrons. The largest absolute Gasteiger partial charge is 0.375 e. The van der Waals surface area contributed by atoms with Crippen molar-refractivity contribution in [1.29, 1.82) is 0 Å². The molecule has 0 atom stereocenters. The van der Waals surface area contributed by atoms with Crippen molar-refractivity contribution in [2.45, 2.75) is 73.1 Å². The Morgan fingerprint density at radius 2 is 1.12 bits per heavy atom. The van der Waals surface area contributed by atoms with Crippen molar-refractivity contribution in [2.75, 3.05) is 0 Å². The molecule has 0 fully saturated rings. The molecule has 2 nitrogen and oxygen atoms in total. The van der Waals surface area contributed by atoms with E-state index in [1.54, 1.807) is 0 Å². The van der Waals surface area contributed by atoms with E-state index in [0.717, 1.165) is 0 Å². The van der Waals surface area contributed by atoms with Crippen LogP contribution in [0.25, 0.3) is 93.5 Å². The van der Waals surface area contributed by atoms with Crippen LogP contribution in [0.15, 0.2) is 133 Å². The van der Waals surface area contributed by atoms with Gasteiger partial charge in [0.1, 0.15) is 0 Å². The van der Waals surface area contributed by atoms with Crippen LogP contribution in [0.4, 0.5) is 0 Å². The maximum Gasteiger partial charge on any atom is 0.333 e. The molecule has 4 heterocycles. The predicted octanol–water partition coefficient (Wildman–Crippen LogP) is 13.8. The van der Waals surface area contributed by atoms with Gasteiger partial charge in [-0.05, 0) is 151 Å². The summed E-state index contributed by atoms with van der Waals surface area (Å²) in [6, 6.07) is 51.9. The van der Waals surface area contributed by atoms with Gasteiger partial charge in [0.05, 0.1) is 11.0 Å². The van der Waals surface area contributed by atoms with Gasteiger partial charge in [0.2, 0.25) is 0 Å². The second kappa shape index (κ2) is 11.9. The molecule has 8 aromatic carbocycles. The lowest BCUT2D eigenvalue weighted by molar-refractivity contribution is 0.590. The highest BCUT2D eigenvalue weighted by molar-refractivity contribution is 6.90. The van der Waals surface area contributed by atoms with Crippen LogP contribution in [0.5, 0.6) is 0 Å². The quantitative estimate of drug-likeness (QED) is 0.155. The molecular weight excluding hydrogens is 723 g/mol. The number of aryl methyl sites for hydroxylation is 3. The first-order chi connectivity index (χ1) is 28.8. The van der Waals surface area contributed by atoms with E-state index in [2.05, 4.69) is 205 Å². The molecule has 2 aliphatic heterocycles. The van der Waals surface area contributed by atoms with Gasteiger partial charge in [0.25, 0.3) is 0 Å². The van der Waals surface area contributed by atoms with E-state index in [1.807, 2.05) is 0 Å². The maximum atomic E-state index is 2.73. The van der Waals surface area contributed by atoms with Crippen molar-refractivity contribution in [3.63, 3.8) is 0 Å². The lowest BCUT2D eigenvalue weighted by atomic mass is 9.45. The van der Waals surface area contributed by atoms with Gasteiger partial charge >= 0.3 is 6.85 Å². The van der Waals surface area contributed by atoms with Gasteiger partial charge in [-0.15, -0.1) is 0 Å². The highest BCUT2D eigenvalue weighted by Crippen LogP contribution is 2.48. The SMILES string of the molecule is Cc1ccccc1-c1cc2c3c(c1)-n1c4ccc5c(-c6c(C)cccc6C)cccc5c4c4cccc(c41)B3n1c3ccc(C(C)(C)C)cc3c3cc(C(C)(C)C)cc-2c31. The number of hydrogen-bond donors (Lipinski definition) is 0. The molecule has 3 heteroatoms. The minimum atomic E-state index is -0.0303. The average Bonchev–Trinajstić information content (AvgIpc) is 3.74. The first kappa shape index (κ1) is 35.6. The molecule has 0 N–H and O–H groups in total. The van der Waals surface area contributed by atoms with Gasteiger partial charge in [-0.25, -0.2) is 0 Å². The Labute approximate surface area is 353 Å². The molecule has 0 saturated heterocycles. The lowest BCUT2D eigenvalue weighted by Crippen LogP contribution is -2.55. The van der Waals surface area contributed by atoms with Crippen LogP contribution in [0.2, 0.25) is 0 Å². The van der Waals surface area contributed by atoms with E-state index in [1.165, 1.54) is 132 Å². The molecule has 60 heavy (non-hydrogen) atoms. The van der Waals surface area contributed by atoms with Gasteiger partial charge in [0.15, 0.2) is 0 Å². The van der Waals surface area contributed by atoms with E-state index in [4.69, 9.17) is 0 Å². The number of fused-ring (bicyclic) bond motifs is 12. The Morgan fingerprint density at radius 3 is 1.88 bits per heavy atom. The standard InChI is InChI=1S/C57H49BN2/c1-32-15-10-11-18-38(32)35-27-44-46-31-37(57(7,8)9)30-45-43-29-36(56(4,5)6)23-25-48(43)60(54(45)46)58-47-22-14-21-42-52-41-20-13-19-40(51-33(2)16-12-17-34(51)3)39(41)24-26-49(52)59(55(42)47)50(28-35)53(44)58/h10-31H,1-9H3. The molecule has 0 radical (unpaired) electrons. The van der Waals surface area contributed by atoms with Crippen LogP contribution >= 0.6 is 0 Å². The Morgan fingerprint density at radius 1 is 0.450 bits per heavy atom. The number of para-hydroxylation sites is 1. The second-order valence-corrected chi connectivity index (χ2v) is 19.9. The van der Waals surface area contributed by atoms with Crippen molar-refractivity contribution in [3.8, 4) is 39.1 Å². The highest BCUT2D eigenvalue weighted by Gasteiger charge is 2.42. The molecule has 0 spiro atoms. The predicted molar refractivity (Wildman–Crippen MR) is 260 cm³/mol. The fourth-order valence-electron chi connectivity index (χ4n) is 11.2. The van der Waals surface area contributed by atoms with Crippen molar-refractivity contribution in [2.24, 2.45) is 0 Å². The fraction of sp³-hybridized carbons (Fsp3) is 0.193. The van der Waals surface area contributed by atoms with Crippen molar-refractivity contribution in [3.05, 3.63) is 161 Å². The molecule has 10 aromatic rings. The molecule has 0 aliphatic carbocycles. The van der Waals surface area contributed by atoms with Crippen LogP contribution in [0.1, 0.15) is 69.4 Å². The summed E-state index contributed by atoms with van der Waals surface area (Å²) in [5.74, 6) is 0. The summed E-state index contributed by atoms with van der Waals surface area (Å²) in [5, 5.41) is 7.96. The minimum absolute atomic E-state index is 0.00588. The third kappa shape index (κ3) is 4.67. The van der Waals surface area contributed by atoms with Gasteiger partial charge in [-0.2, -0.15) is 0 Å². The van der Waals surface area contributed by atoms with E-state index in [9.17, 15) is 0 Å². The van der Waals surface area contributed by atoms with Crippen LogP contribution in [0, 0.1) is 20.8 Å². The zero-order chi connectivity index (χ0) is 41.1. The zero-order valence-electron chi connectivity index (χ0n) is 36.2. The van der Waals surface area contributed by atoms with Crippen LogP contribution in [0.3, 0.4) is 0 Å². The highest BCUT2D eigenvalue weighted by atomic mass is 15.0. The van der Waals surface area contributed by atoms with E-state index >= 15 is 0 Å². The van der Waals surface area contributed by atoms with Crippen molar-refractivity contribution in [1.82, 2.24) is 9.05 Å². The van der Waals surface area contributed by atoms with Gasteiger partial charge in [-0.3, -0.25) is 0 Å². The van der Waals surface area contributed by atoms with Crippen LogP contribution in [-0.4, -0.2) is 15.9 Å². The fourth-order valence-corrected chi connectivity index (χ4v) is 11.2. The Bertz CT molecular complexity index is 3520. The Hall–Kier alpha value is -6.32. The van der Waals surface area contributed by atoms with E-state index < -0.39 is 0 Å². The number of aromatic nitrogens is 2. The number of hydrogen-bond acceptors (Lipinski definition) is 0. The topological polar surface area (TPSA) is 9.86 Å². The summed E-state index contributed by atoms with van der Waals surface area (Å²) in [4.78, 5) is 0.